The van der Waals surface area contributed by atoms with Crippen LogP contribution < -0.4 is 10.2 Å². The third-order valence-corrected chi connectivity index (χ3v) is 3.04. The molecule has 5 heteroatoms. The molecule has 0 unspecified atom stereocenters. The van der Waals surface area contributed by atoms with Gasteiger partial charge in [0.1, 0.15) is 5.82 Å². The van der Waals surface area contributed by atoms with E-state index in [0.29, 0.717) is 5.02 Å². The molecule has 0 atom stereocenters. The highest BCUT2D eigenvalue weighted by Crippen LogP contribution is 2.24. The fourth-order valence-corrected chi connectivity index (χ4v) is 2.23. The van der Waals surface area contributed by atoms with Gasteiger partial charge >= 0.3 is 0 Å². The Balaban J connectivity index is 2.13. The number of hydrogen-bond donors (Lipinski definition) is 1. The summed E-state index contributed by atoms with van der Waals surface area (Å²) >= 11 is 6.28. The maximum Gasteiger partial charge on any atom is 0.147 e. The number of nitrogens with zero attached hydrogens (tertiary/aromatic N) is 3. The number of hydrogen-bond acceptors (Lipinski definition) is 4. The van der Waals surface area contributed by atoms with E-state index < -0.39 is 0 Å². The molecular weight excluding hydrogens is 260 g/mol. The predicted molar refractivity (Wildman–Crippen MR) is 78.4 cm³/mol. The summed E-state index contributed by atoms with van der Waals surface area (Å²) in [5.74, 6) is 0.783. The van der Waals surface area contributed by atoms with Crippen molar-refractivity contribution >= 4 is 17.4 Å². The molecule has 0 amide bonds. The van der Waals surface area contributed by atoms with E-state index in [0.717, 1.165) is 30.0 Å². The van der Waals surface area contributed by atoms with E-state index >= 15 is 0 Å². The van der Waals surface area contributed by atoms with Crippen molar-refractivity contribution < 1.29 is 0 Å². The van der Waals surface area contributed by atoms with E-state index in [2.05, 4.69) is 15.3 Å². The highest BCUT2D eigenvalue weighted by Gasteiger charge is 2.09. The Morgan fingerprint density at radius 2 is 2.16 bits per heavy atom. The quantitative estimate of drug-likeness (QED) is 0.911. The van der Waals surface area contributed by atoms with Crippen LogP contribution in [0.1, 0.15) is 11.1 Å². The van der Waals surface area contributed by atoms with E-state index in [9.17, 15) is 0 Å². The minimum atomic E-state index is 0.666. The fraction of sp³-hybridized carbons (Fsp3) is 0.286. The van der Waals surface area contributed by atoms with Crippen LogP contribution in [0.3, 0.4) is 0 Å². The lowest BCUT2D eigenvalue weighted by molar-refractivity contribution is 0.810. The molecule has 19 heavy (non-hydrogen) atoms. The number of anilines is 1. The normalized spacial score (nSPS) is 10.5. The van der Waals surface area contributed by atoms with Gasteiger partial charge in [-0.1, -0.05) is 17.7 Å². The highest BCUT2D eigenvalue weighted by atomic mass is 35.5. The summed E-state index contributed by atoms with van der Waals surface area (Å²) in [6.07, 6.45) is 5.46. The zero-order valence-electron chi connectivity index (χ0n) is 11.1. The Morgan fingerprint density at radius 3 is 2.79 bits per heavy atom. The standard InChI is InChI=1S/C14H17ClN4/c1-16-7-12-6-13(15)14(18-9-12)19(2)10-11-4-3-5-17-8-11/h3-6,8-9,16H,7,10H2,1-2H3. The van der Waals surface area contributed by atoms with E-state index in [-0.39, 0.29) is 0 Å². The van der Waals surface area contributed by atoms with Gasteiger partial charge in [0.25, 0.3) is 0 Å². The van der Waals surface area contributed by atoms with Crippen molar-refractivity contribution in [3.05, 3.63) is 52.9 Å². The summed E-state index contributed by atoms with van der Waals surface area (Å²) in [5, 5.41) is 3.75. The van der Waals surface area contributed by atoms with Gasteiger partial charge in [0.2, 0.25) is 0 Å². The van der Waals surface area contributed by atoms with Crippen molar-refractivity contribution in [1.29, 1.82) is 0 Å². The van der Waals surface area contributed by atoms with Gasteiger partial charge in [-0.25, -0.2) is 4.98 Å². The molecule has 100 valence electrons. The van der Waals surface area contributed by atoms with Gasteiger partial charge in [-0.05, 0) is 30.3 Å². The first-order valence-corrected chi connectivity index (χ1v) is 6.47. The smallest absolute Gasteiger partial charge is 0.147 e. The average Bonchev–Trinajstić information content (AvgIpc) is 2.40. The molecule has 0 aliphatic carbocycles. The van der Waals surface area contributed by atoms with Gasteiger partial charge < -0.3 is 10.2 Å². The molecule has 0 aromatic carbocycles. The van der Waals surface area contributed by atoms with Gasteiger partial charge in [0, 0.05) is 38.7 Å². The molecule has 0 saturated carbocycles. The summed E-state index contributed by atoms with van der Waals surface area (Å²) < 4.78 is 0. The van der Waals surface area contributed by atoms with Crippen molar-refractivity contribution in [3.8, 4) is 0 Å². The maximum atomic E-state index is 6.28. The van der Waals surface area contributed by atoms with Crippen molar-refractivity contribution in [2.75, 3.05) is 19.0 Å². The monoisotopic (exact) mass is 276 g/mol. The first kappa shape index (κ1) is 13.8. The second kappa shape index (κ2) is 6.50. The van der Waals surface area contributed by atoms with E-state index in [1.165, 1.54) is 0 Å². The molecule has 0 aliphatic rings. The van der Waals surface area contributed by atoms with Crippen LogP contribution in [-0.4, -0.2) is 24.1 Å². The second-order valence-electron chi connectivity index (χ2n) is 4.40. The number of rotatable bonds is 5. The van der Waals surface area contributed by atoms with Gasteiger partial charge in [0.15, 0.2) is 0 Å². The van der Waals surface area contributed by atoms with Gasteiger partial charge in [-0.3, -0.25) is 4.98 Å². The lowest BCUT2D eigenvalue weighted by Crippen LogP contribution is -2.18. The Hall–Kier alpha value is -1.65. The Kier molecular flexibility index (Phi) is 4.71. The molecule has 2 aromatic rings. The molecule has 0 bridgehead atoms. The summed E-state index contributed by atoms with van der Waals surface area (Å²) in [7, 11) is 3.87. The van der Waals surface area contributed by atoms with Crippen molar-refractivity contribution in [2.45, 2.75) is 13.1 Å². The first-order chi connectivity index (χ1) is 9.20. The number of nitrogens with one attached hydrogen (secondary N) is 1. The maximum absolute atomic E-state index is 6.28. The number of pyridine rings is 2. The predicted octanol–water partition coefficient (Wildman–Crippen LogP) is 2.49. The van der Waals surface area contributed by atoms with Crippen LogP contribution in [0.15, 0.2) is 36.8 Å². The summed E-state index contributed by atoms with van der Waals surface area (Å²) in [4.78, 5) is 10.5. The topological polar surface area (TPSA) is 41.1 Å². The van der Waals surface area contributed by atoms with E-state index in [1.54, 1.807) is 6.20 Å². The molecule has 1 N–H and O–H groups in total. The summed E-state index contributed by atoms with van der Waals surface area (Å²) in [6, 6.07) is 5.90. The van der Waals surface area contributed by atoms with Crippen LogP contribution in [-0.2, 0) is 13.1 Å². The summed E-state index contributed by atoms with van der Waals surface area (Å²) in [5.41, 5.74) is 2.20. The molecule has 0 aliphatic heterocycles. The van der Waals surface area contributed by atoms with Crippen molar-refractivity contribution in [3.63, 3.8) is 0 Å². The third kappa shape index (κ3) is 3.66. The first-order valence-electron chi connectivity index (χ1n) is 6.09. The van der Waals surface area contributed by atoms with Gasteiger partial charge in [0.05, 0.1) is 5.02 Å². The molecule has 0 fully saturated rings. The zero-order valence-corrected chi connectivity index (χ0v) is 11.9. The van der Waals surface area contributed by atoms with Crippen LogP contribution in [0, 0.1) is 0 Å². The molecule has 4 nitrogen and oxygen atoms in total. The van der Waals surface area contributed by atoms with Gasteiger partial charge in [-0.15, -0.1) is 0 Å². The van der Waals surface area contributed by atoms with Gasteiger partial charge in [-0.2, -0.15) is 0 Å². The largest absolute Gasteiger partial charge is 0.354 e. The number of halogens is 1. The van der Waals surface area contributed by atoms with Crippen LogP contribution in [0.2, 0.25) is 5.02 Å². The van der Waals surface area contributed by atoms with Crippen molar-refractivity contribution in [1.82, 2.24) is 15.3 Å². The van der Waals surface area contributed by atoms with Crippen LogP contribution in [0.5, 0.6) is 0 Å². The molecular formula is C14H17ClN4. The van der Waals surface area contributed by atoms with Crippen LogP contribution >= 0.6 is 11.6 Å². The van der Waals surface area contributed by atoms with Crippen LogP contribution in [0.4, 0.5) is 5.82 Å². The number of aromatic nitrogens is 2. The minimum absolute atomic E-state index is 0.666. The average molecular weight is 277 g/mol. The second-order valence-corrected chi connectivity index (χ2v) is 4.80. The minimum Gasteiger partial charge on any atom is -0.354 e. The lowest BCUT2D eigenvalue weighted by Gasteiger charge is -2.19. The Labute approximate surface area is 118 Å². The van der Waals surface area contributed by atoms with Crippen molar-refractivity contribution in [2.24, 2.45) is 0 Å². The molecule has 2 rings (SSSR count). The molecule has 0 spiro atoms. The molecule has 2 heterocycles. The third-order valence-electron chi connectivity index (χ3n) is 2.76. The highest BCUT2D eigenvalue weighted by molar-refractivity contribution is 6.33. The molecule has 0 saturated heterocycles. The van der Waals surface area contributed by atoms with E-state index in [1.807, 2.05) is 49.6 Å². The van der Waals surface area contributed by atoms with E-state index in [4.69, 9.17) is 11.6 Å². The zero-order chi connectivity index (χ0) is 13.7. The fourth-order valence-electron chi connectivity index (χ4n) is 1.89. The Bertz CT molecular complexity index is 530. The molecule has 2 aromatic heterocycles. The molecule has 0 radical (unpaired) electrons. The lowest BCUT2D eigenvalue weighted by atomic mass is 10.2. The van der Waals surface area contributed by atoms with Crippen LogP contribution in [0.25, 0.3) is 0 Å². The summed E-state index contributed by atoms with van der Waals surface area (Å²) in [6.45, 7) is 1.49. The SMILES string of the molecule is CNCc1cnc(N(C)Cc2cccnc2)c(Cl)c1. The Morgan fingerprint density at radius 1 is 1.32 bits per heavy atom.